The van der Waals surface area contributed by atoms with Gasteiger partial charge >= 0.3 is 0 Å². The highest BCUT2D eigenvalue weighted by molar-refractivity contribution is 14.1. The molecule has 4 nitrogen and oxygen atoms in total. The fraction of sp³-hybridized carbons (Fsp3) is 0.333. The quantitative estimate of drug-likeness (QED) is 0.743. The summed E-state index contributed by atoms with van der Waals surface area (Å²) >= 11 is 5.56. The van der Waals surface area contributed by atoms with Crippen molar-refractivity contribution in [2.75, 3.05) is 11.4 Å². The molecule has 0 bridgehead atoms. The van der Waals surface area contributed by atoms with Gasteiger partial charge in [0, 0.05) is 8.04 Å². The van der Waals surface area contributed by atoms with Gasteiger partial charge in [0.15, 0.2) is 0 Å². The van der Waals surface area contributed by atoms with E-state index in [0.717, 1.165) is 13.7 Å². The lowest BCUT2D eigenvalue weighted by Gasteiger charge is -2.32. The maximum Gasteiger partial charge on any atom is 0.250 e. The number of piperazine rings is 1. The number of rotatable bonds is 2. The Kier molecular flexibility index (Phi) is 4.26. The van der Waals surface area contributed by atoms with E-state index < -0.39 is 6.04 Å². The summed E-state index contributed by atoms with van der Waals surface area (Å²) in [6.07, 6.45) is 0.603. The topological polar surface area (TPSA) is 49.4 Å². The number of amides is 2. The average molecular weight is 423 g/mol. The summed E-state index contributed by atoms with van der Waals surface area (Å²) in [6.45, 7) is 1.97. The van der Waals surface area contributed by atoms with Crippen LogP contribution in [0.5, 0.6) is 0 Å². The third kappa shape index (κ3) is 2.69. The van der Waals surface area contributed by atoms with Gasteiger partial charge in [-0.05, 0) is 47.2 Å². The zero-order valence-electron chi connectivity index (χ0n) is 9.74. The fourth-order valence-electron chi connectivity index (χ4n) is 1.88. The normalized spacial score (nSPS) is 19.9. The number of nitrogens with one attached hydrogen (secondary N) is 1. The number of benzene rings is 1. The van der Waals surface area contributed by atoms with E-state index in [4.69, 9.17) is 0 Å². The highest BCUT2D eigenvalue weighted by atomic mass is 127. The summed E-state index contributed by atoms with van der Waals surface area (Å²) in [6, 6.07) is 5.28. The predicted molar refractivity (Wildman–Crippen MR) is 81.4 cm³/mol. The van der Waals surface area contributed by atoms with Crippen molar-refractivity contribution in [3.8, 4) is 0 Å². The molecule has 1 fully saturated rings. The average Bonchev–Trinajstić information content (AvgIpc) is 2.35. The number of carbonyl (C=O) groups is 2. The maximum atomic E-state index is 12.3. The van der Waals surface area contributed by atoms with Crippen molar-refractivity contribution in [3.63, 3.8) is 0 Å². The third-order valence-electron chi connectivity index (χ3n) is 2.81. The molecular weight excluding hydrogens is 411 g/mol. The molecule has 1 aliphatic heterocycles. The number of anilines is 1. The van der Waals surface area contributed by atoms with Gasteiger partial charge in [0.05, 0.1) is 5.69 Å². The molecule has 18 heavy (non-hydrogen) atoms. The number of halogens is 2. The van der Waals surface area contributed by atoms with Crippen molar-refractivity contribution >= 4 is 56.0 Å². The lowest BCUT2D eigenvalue weighted by atomic mass is 10.1. The molecule has 1 aromatic rings. The van der Waals surface area contributed by atoms with Gasteiger partial charge in [-0.1, -0.05) is 22.9 Å². The molecule has 0 saturated carbocycles. The Balaban J connectivity index is 2.39. The highest BCUT2D eigenvalue weighted by Gasteiger charge is 2.33. The van der Waals surface area contributed by atoms with Crippen LogP contribution >= 0.6 is 38.5 Å². The van der Waals surface area contributed by atoms with Gasteiger partial charge in [-0.2, -0.15) is 0 Å². The molecule has 1 unspecified atom stereocenters. The second-order valence-corrected chi connectivity index (χ2v) is 6.13. The van der Waals surface area contributed by atoms with Gasteiger partial charge in [-0.25, -0.2) is 0 Å². The molecule has 0 aliphatic carbocycles. The minimum Gasteiger partial charge on any atom is -0.343 e. The first kappa shape index (κ1) is 13.8. The van der Waals surface area contributed by atoms with Crippen molar-refractivity contribution in [2.45, 2.75) is 19.4 Å². The second-order valence-electron chi connectivity index (χ2n) is 4.05. The van der Waals surface area contributed by atoms with Gasteiger partial charge in [0.2, 0.25) is 11.8 Å². The van der Waals surface area contributed by atoms with E-state index in [-0.39, 0.29) is 18.4 Å². The molecule has 6 heteroatoms. The van der Waals surface area contributed by atoms with E-state index in [1.807, 2.05) is 25.1 Å². The predicted octanol–water partition coefficient (Wildman–Crippen LogP) is 2.30. The minimum atomic E-state index is -0.416. The molecule has 0 radical (unpaired) electrons. The largest absolute Gasteiger partial charge is 0.343 e. The van der Waals surface area contributed by atoms with Crippen LogP contribution in [-0.4, -0.2) is 24.4 Å². The molecule has 1 aromatic carbocycles. The van der Waals surface area contributed by atoms with Crippen LogP contribution in [0, 0.1) is 3.57 Å². The van der Waals surface area contributed by atoms with Crippen LogP contribution < -0.4 is 10.2 Å². The molecule has 1 aliphatic rings. The smallest absolute Gasteiger partial charge is 0.250 e. The molecule has 0 aromatic heterocycles. The van der Waals surface area contributed by atoms with Crippen molar-refractivity contribution in [1.82, 2.24) is 5.32 Å². The molecule has 1 heterocycles. The van der Waals surface area contributed by atoms with Crippen LogP contribution in [0.15, 0.2) is 22.7 Å². The lowest BCUT2D eigenvalue weighted by molar-refractivity contribution is -0.131. The zero-order chi connectivity index (χ0) is 13.3. The van der Waals surface area contributed by atoms with E-state index in [9.17, 15) is 9.59 Å². The number of hydrogen-bond acceptors (Lipinski definition) is 2. The van der Waals surface area contributed by atoms with E-state index in [1.165, 1.54) is 0 Å². The summed E-state index contributed by atoms with van der Waals surface area (Å²) in [4.78, 5) is 25.5. The Morgan fingerprint density at radius 2 is 2.22 bits per heavy atom. The van der Waals surface area contributed by atoms with Gasteiger partial charge in [-0.15, -0.1) is 0 Å². The summed E-state index contributed by atoms with van der Waals surface area (Å²) in [5, 5.41) is 2.71. The first-order valence-corrected chi connectivity index (χ1v) is 7.46. The van der Waals surface area contributed by atoms with Crippen LogP contribution in [0.1, 0.15) is 13.3 Å². The fourth-order valence-corrected chi connectivity index (χ4v) is 2.86. The van der Waals surface area contributed by atoms with Crippen LogP contribution in [-0.2, 0) is 9.59 Å². The van der Waals surface area contributed by atoms with Crippen molar-refractivity contribution in [3.05, 3.63) is 26.2 Å². The minimum absolute atomic E-state index is 0.0480. The van der Waals surface area contributed by atoms with Gasteiger partial charge in [-0.3, -0.25) is 9.59 Å². The van der Waals surface area contributed by atoms with Crippen molar-refractivity contribution in [1.29, 1.82) is 0 Å². The standard InChI is InChI=1S/C12H12BrIN2O2/c1-2-9-12(18)16(6-11(17)15-9)10-5-7(13)3-4-8(10)14/h3-5,9H,2,6H2,1H3,(H,15,17). The van der Waals surface area contributed by atoms with Gasteiger partial charge < -0.3 is 10.2 Å². The van der Waals surface area contributed by atoms with E-state index in [1.54, 1.807) is 4.90 Å². The maximum absolute atomic E-state index is 12.3. The van der Waals surface area contributed by atoms with Gasteiger partial charge in [0.1, 0.15) is 12.6 Å². The Morgan fingerprint density at radius 1 is 1.50 bits per heavy atom. The summed E-state index contributed by atoms with van der Waals surface area (Å²) < 4.78 is 1.85. The Labute approximate surface area is 127 Å². The van der Waals surface area contributed by atoms with Crippen LogP contribution in [0.4, 0.5) is 5.69 Å². The highest BCUT2D eigenvalue weighted by Crippen LogP contribution is 2.28. The van der Waals surface area contributed by atoms with E-state index in [2.05, 4.69) is 43.8 Å². The van der Waals surface area contributed by atoms with Crippen molar-refractivity contribution in [2.24, 2.45) is 0 Å². The molecular formula is C12H12BrIN2O2. The van der Waals surface area contributed by atoms with Gasteiger partial charge in [0.25, 0.3) is 0 Å². The Morgan fingerprint density at radius 3 is 2.89 bits per heavy atom. The number of nitrogens with zero attached hydrogens (tertiary/aromatic N) is 1. The summed E-state index contributed by atoms with van der Waals surface area (Å²) in [5.41, 5.74) is 0.781. The van der Waals surface area contributed by atoms with Crippen LogP contribution in [0.3, 0.4) is 0 Å². The molecule has 1 atom stereocenters. The van der Waals surface area contributed by atoms with Crippen LogP contribution in [0.25, 0.3) is 0 Å². The lowest BCUT2D eigenvalue weighted by Crippen LogP contribution is -2.58. The van der Waals surface area contributed by atoms with E-state index >= 15 is 0 Å². The summed E-state index contributed by atoms with van der Waals surface area (Å²) in [5.74, 6) is -0.162. The summed E-state index contributed by atoms with van der Waals surface area (Å²) in [7, 11) is 0. The number of hydrogen-bond donors (Lipinski definition) is 1. The first-order chi connectivity index (χ1) is 8.52. The van der Waals surface area contributed by atoms with Crippen molar-refractivity contribution < 1.29 is 9.59 Å². The second kappa shape index (κ2) is 5.56. The molecule has 1 saturated heterocycles. The molecule has 1 N–H and O–H groups in total. The number of carbonyl (C=O) groups excluding carboxylic acids is 2. The van der Waals surface area contributed by atoms with Crippen LogP contribution in [0.2, 0.25) is 0 Å². The molecule has 96 valence electrons. The SMILES string of the molecule is CCC1NC(=O)CN(c2cc(Br)ccc2I)C1=O. The molecule has 0 spiro atoms. The van der Waals surface area contributed by atoms with E-state index in [0.29, 0.717) is 6.42 Å². The Hall–Kier alpha value is -0.630. The third-order valence-corrected chi connectivity index (χ3v) is 4.21. The molecule has 2 amide bonds. The first-order valence-electron chi connectivity index (χ1n) is 5.58. The monoisotopic (exact) mass is 422 g/mol. The zero-order valence-corrected chi connectivity index (χ0v) is 13.5. The Bertz CT molecular complexity index is 507. The molecule has 2 rings (SSSR count).